The van der Waals surface area contributed by atoms with Crippen LogP contribution in [-0.2, 0) is 9.59 Å². The molecule has 4 heteroatoms. The molecule has 2 N–H and O–H groups in total. The molecule has 0 aromatic rings. The van der Waals surface area contributed by atoms with Crippen LogP contribution in [0.15, 0.2) is 0 Å². The molecule has 0 spiro atoms. The fourth-order valence-electron chi connectivity index (χ4n) is 0.713. The third-order valence-electron chi connectivity index (χ3n) is 1.31. The van der Waals surface area contributed by atoms with Crippen molar-refractivity contribution in [3.8, 4) is 0 Å². The largest absolute Gasteiger partial charge is 0.481 e. The predicted molar refractivity (Wildman–Crippen MR) is 39.8 cm³/mol. The van der Waals surface area contributed by atoms with E-state index >= 15 is 0 Å². The van der Waals surface area contributed by atoms with E-state index in [-0.39, 0.29) is 17.9 Å². The van der Waals surface area contributed by atoms with E-state index in [9.17, 15) is 9.59 Å². The number of Topliss-reactive ketones (excluding diaryl/α,β-unsaturated/α-hetero) is 1. The molecule has 0 aromatic heterocycles. The minimum Gasteiger partial charge on any atom is -0.481 e. The summed E-state index contributed by atoms with van der Waals surface area (Å²) in [6.45, 7) is 2.71. The number of nitrogens with one attached hydrogen (secondary N) is 1. The molecule has 0 aliphatic carbocycles. The van der Waals surface area contributed by atoms with Gasteiger partial charge >= 0.3 is 5.97 Å². The van der Waals surface area contributed by atoms with Gasteiger partial charge in [0.25, 0.3) is 0 Å². The predicted octanol–water partition coefficient (Wildman–Crippen LogP) is 0.706. The maximum Gasteiger partial charge on any atom is 0.312 e. The minimum absolute atomic E-state index is 0.0210. The third-order valence-corrected chi connectivity index (χ3v) is 1.31. The van der Waals surface area contributed by atoms with Gasteiger partial charge in [-0.2, -0.15) is 0 Å². The lowest BCUT2D eigenvalue weighted by atomic mass is 9.99. The number of ketones is 1. The smallest absolute Gasteiger partial charge is 0.312 e. The number of rotatable bonds is 4. The van der Waals surface area contributed by atoms with Crippen molar-refractivity contribution in [1.82, 2.24) is 0 Å². The van der Waals surface area contributed by atoms with Crippen LogP contribution >= 0.6 is 0 Å². The second-order valence-electron chi connectivity index (χ2n) is 2.48. The topological polar surface area (TPSA) is 78.2 Å². The van der Waals surface area contributed by atoms with Crippen molar-refractivity contribution in [1.29, 1.82) is 5.41 Å². The van der Waals surface area contributed by atoms with Crippen molar-refractivity contribution in [3.63, 3.8) is 0 Å². The molecule has 0 saturated carbocycles. The number of carboxylic acids is 1. The van der Waals surface area contributed by atoms with E-state index in [1.165, 1.54) is 13.8 Å². The van der Waals surface area contributed by atoms with Crippen molar-refractivity contribution < 1.29 is 14.7 Å². The lowest BCUT2D eigenvalue weighted by molar-refractivity contribution is -0.141. The number of carboxylic acid groups (broad SMARTS) is 1. The summed E-state index contributed by atoms with van der Waals surface area (Å²) in [5.74, 6) is -2.25. The molecule has 0 aliphatic rings. The molecule has 0 saturated heterocycles. The van der Waals surface area contributed by atoms with Gasteiger partial charge in [0.2, 0.25) is 0 Å². The summed E-state index contributed by atoms with van der Waals surface area (Å²) in [7, 11) is 0. The Hall–Kier alpha value is -1.19. The van der Waals surface area contributed by atoms with Crippen LogP contribution in [0.3, 0.4) is 0 Å². The summed E-state index contributed by atoms with van der Waals surface area (Å²) in [4.78, 5) is 20.9. The van der Waals surface area contributed by atoms with E-state index < -0.39 is 11.9 Å². The Labute approximate surface area is 64.7 Å². The SMILES string of the molecule is CC(=N)C(CC(C)=O)C(=O)O. The molecule has 11 heavy (non-hydrogen) atoms. The normalized spacial score (nSPS) is 12.2. The highest BCUT2D eigenvalue weighted by atomic mass is 16.4. The average Bonchev–Trinajstić information content (AvgIpc) is 1.81. The number of hydrogen-bond acceptors (Lipinski definition) is 3. The number of carbonyl (C=O) groups excluding carboxylic acids is 1. The average molecular weight is 157 g/mol. The van der Waals surface area contributed by atoms with Gasteiger partial charge in [0.15, 0.2) is 0 Å². The van der Waals surface area contributed by atoms with Crippen molar-refractivity contribution in [2.24, 2.45) is 5.92 Å². The summed E-state index contributed by atoms with van der Waals surface area (Å²) in [5, 5.41) is 15.5. The highest BCUT2D eigenvalue weighted by Crippen LogP contribution is 2.05. The lowest BCUT2D eigenvalue weighted by Crippen LogP contribution is -2.23. The number of carbonyl (C=O) groups is 2. The van der Waals surface area contributed by atoms with Crippen LogP contribution < -0.4 is 0 Å². The van der Waals surface area contributed by atoms with Gasteiger partial charge < -0.3 is 10.5 Å². The van der Waals surface area contributed by atoms with Crippen LogP contribution in [0.25, 0.3) is 0 Å². The van der Waals surface area contributed by atoms with E-state index in [4.69, 9.17) is 10.5 Å². The highest BCUT2D eigenvalue weighted by Gasteiger charge is 2.20. The Morgan fingerprint density at radius 2 is 1.91 bits per heavy atom. The standard InChI is InChI=1S/C7H11NO3/c1-4(9)3-6(5(2)8)7(10)11/h6,8H,3H2,1-2H3,(H,10,11). The molecule has 1 unspecified atom stereocenters. The molecule has 1 atom stereocenters. The first kappa shape index (κ1) is 9.81. The van der Waals surface area contributed by atoms with Gasteiger partial charge in [-0.3, -0.25) is 9.59 Å². The minimum atomic E-state index is -1.10. The molecular formula is C7H11NO3. The quantitative estimate of drug-likeness (QED) is 0.590. The molecule has 0 aromatic carbocycles. The zero-order chi connectivity index (χ0) is 9.02. The van der Waals surface area contributed by atoms with Crippen molar-refractivity contribution in [2.75, 3.05) is 0 Å². The van der Waals surface area contributed by atoms with Gasteiger partial charge in [0.05, 0.1) is 0 Å². The lowest BCUT2D eigenvalue weighted by Gasteiger charge is -2.06. The third kappa shape index (κ3) is 3.50. The first-order valence-corrected chi connectivity index (χ1v) is 3.22. The van der Waals surface area contributed by atoms with Crippen LogP contribution in [0.2, 0.25) is 0 Å². The molecule has 0 amide bonds. The van der Waals surface area contributed by atoms with Crippen molar-refractivity contribution >= 4 is 17.5 Å². The number of aliphatic carboxylic acids is 1. The summed E-state index contributed by atoms with van der Waals surface area (Å²) in [6, 6.07) is 0. The number of hydrogen-bond donors (Lipinski definition) is 2. The maximum atomic E-state index is 10.5. The molecular weight excluding hydrogens is 146 g/mol. The van der Waals surface area contributed by atoms with Crippen LogP contribution in [0.5, 0.6) is 0 Å². The van der Waals surface area contributed by atoms with E-state index in [1.54, 1.807) is 0 Å². The van der Waals surface area contributed by atoms with Gasteiger partial charge in [-0.25, -0.2) is 0 Å². The Morgan fingerprint density at radius 1 is 1.45 bits per heavy atom. The van der Waals surface area contributed by atoms with Gasteiger partial charge in [-0.1, -0.05) is 0 Å². The van der Waals surface area contributed by atoms with E-state index in [1.807, 2.05) is 0 Å². The molecule has 0 bridgehead atoms. The fraction of sp³-hybridized carbons (Fsp3) is 0.571. The van der Waals surface area contributed by atoms with E-state index in [0.717, 1.165) is 0 Å². The fourth-order valence-corrected chi connectivity index (χ4v) is 0.713. The molecule has 0 aliphatic heterocycles. The second-order valence-corrected chi connectivity index (χ2v) is 2.48. The van der Waals surface area contributed by atoms with Crippen LogP contribution in [0, 0.1) is 11.3 Å². The van der Waals surface area contributed by atoms with Gasteiger partial charge in [-0.15, -0.1) is 0 Å². The van der Waals surface area contributed by atoms with Crippen LogP contribution in [-0.4, -0.2) is 22.6 Å². The van der Waals surface area contributed by atoms with Crippen LogP contribution in [0.4, 0.5) is 0 Å². The highest BCUT2D eigenvalue weighted by molar-refractivity contribution is 6.01. The Bertz CT molecular complexity index is 184. The van der Waals surface area contributed by atoms with Crippen molar-refractivity contribution in [2.45, 2.75) is 20.3 Å². The molecule has 0 fully saturated rings. The van der Waals surface area contributed by atoms with E-state index in [0.29, 0.717) is 0 Å². The monoisotopic (exact) mass is 157 g/mol. The molecule has 0 radical (unpaired) electrons. The van der Waals surface area contributed by atoms with Gasteiger partial charge in [-0.05, 0) is 13.8 Å². The molecule has 62 valence electrons. The molecule has 4 nitrogen and oxygen atoms in total. The summed E-state index contributed by atoms with van der Waals surface area (Å²) in [6.07, 6.45) is -0.0787. The zero-order valence-electron chi connectivity index (χ0n) is 6.55. The Morgan fingerprint density at radius 3 is 2.00 bits per heavy atom. The van der Waals surface area contributed by atoms with Gasteiger partial charge in [0, 0.05) is 12.1 Å². The zero-order valence-corrected chi connectivity index (χ0v) is 6.55. The van der Waals surface area contributed by atoms with Crippen LogP contribution in [0.1, 0.15) is 20.3 Å². The molecule has 0 rings (SSSR count). The second kappa shape index (κ2) is 3.85. The first-order chi connectivity index (χ1) is 4.95. The summed E-state index contributed by atoms with van der Waals surface area (Å²) < 4.78 is 0. The summed E-state index contributed by atoms with van der Waals surface area (Å²) >= 11 is 0. The Balaban J connectivity index is 4.23. The Kier molecular flexibility index (Phi) is 3.44. The van der Waals surface area contributed by atoms with Crippen molar-refractivity contribution in [3.05, 3.63) is 0 Å². The first-order valence-electron chi connectivity index (χ1n) is 3.22. The van der Waals surface area contributed by atoms with E-state index in [2.05, 4.69) is 0 Å². The maximum absolute atomic E-state index is 10.5. The summed E-state index contributed by atoms with van der Waals surface area (Å²) in [5.41, 5.74) is 0.0210. The van der Waals surface area contributed by atoms with Gasteiger partial charge in [0.1, 0.15) is 11.7 Å². The molecule has 0 heterocycles.